The van der Waals surface area contributed by atoms with Crippen LogP contribution in [0.2, 0.25) is 0 Å². The summed E-state index contributed by atoms with van der Waals surface area (Å²) in [5, 5.41) is 14.0. The number of nitrogens with zero attached hydrogens (tertiary/aromatic N) is 4. The van der Waals surface area contributed by atoms with Gasteiger partial charge in [0.05, 0.1) is 5.69 Å². The van der Waals surface area contributed by atoms with Gasteiger partial charge in [0.1, 0.15) is 5.69 Å². The SMILES string of the molecule is Cc1nonc1C(=O)Nc1ccc(-n2cccn2)cc1. The van der Waals surface area contributed by atoms with Crippen LogP contribution in [-0.2, 0) is 0 Å². The van der Waals surface area contributed by atoms with Crippen molar-refractivity contribution in [1.82, 2.24) is 20.1 Å². The second-order valence-corrected chi connectivity index (χ2v) is 4.15. The summed E-state index contributed by atoms with van der Waals surface area (Å²) in [5.74, 6) is -0.351. The predicted octanol–water partition coefficient (Wildman–Crippen LogP) is 1.82. The van der Waals surface area contributed by atoms with Gasteiger partial charge in [-0.15, -0.1) is 0 Å². The molecule has 0 fully saturated rings. The molecule has 1 aromatic carbocycles. The second-order valence-electron chi connectivity index (χ2n) is 4.15. The van der Waals surface area contributed by atoms with Crippen molar-refractivity contribution in [2.45, 2.75) is 6.92 Å². The molecule has 2 aromatic heterocycles. The van der Waals surface area contributed by atoms with Gasteiger partial charge in [-0.3, -0.25) is 4.79 Å². The number of rotatable bonds is 3. The van der Waals surface area contributed by atoms with E-state index in [9.17, 15) is 4.79 Å². The molecular formula is C13H11N5O2. The molecule has 1 N–H and O–H groups in total. The highest BCUT2D eigenvalue weighted by atomic mass is 16.6. The molecule has 3 rings (SSSR count). The van der Waals surface area contributed by atoms with Crippen molar-refractivity contribution in [3.63, 3.8) is 0 Å². The van der Waals surface area contributed by atoms with Gasteiger partial charge in [0, 0.05) is 18.1 Å². The van der Waals surface area contributed by atoms with E-state index in [1.807, 2.05) is 24.4 Å². The number of anilines is 1. The predicted molar refractivity (Wildman–Crippen MR) is 70.6 cm³/mol. The summed E-state index contributed by atoms with van der Waals surface area (Å²) < 4.78 is 6.23. The molecule has 2 heterocycles. The average Bonchev–Trinajstić information content (AvgIpc) is 3.10. The van der Waals surface area contributed by atoms with E-state index in [4.69, 9.17) is 0 Å². The molecule has 0 aliphatic rings. The molecule has 0 unspecified atom stereocenters. The van der Waals surface area contributed by atoms with Gasteiger partial charge in [0.15, 0.2) is 5.69 Å². The van der Waals surface area contributed by atoms with Gasteiger partial charge in [0.25, 0.3) is 5.91 Å². The molecule has 0 spiro atoms. The summed E-state index contributed by atoms with van der Waals surface area (Å²) >= 11 is 0. The van der Waals surface area contributed by atoms with Crippen LogP contribution < -0.4 is 5.32 Å². The number of carbonyl (C=O) groups excluding carboxylic acids is 1. The molecule has 7 heteroatoms. The Bertz CT molecular complexity index is 716. The molecule has 100 valence electrons. The van der Waals surface area contributed by atoms with Crippen LogP contribution in [0.25, 0.3) is 5.69 Å². The summed E-state index contributed by atoms with van der Waals surface area (Å²) in [6.45, 7) is 1.66. The van der Waals surface area contributed by atoms with Crippen LogP contribution in [0.4, 0.5) is 5.69 Å². The van der Waals surface area contributed by atoms with Crippen LogP contribution in [0.1, 0.15) is 16.2 Å². The third-order valence-corrected chi connectivity index (χ3v) is 2.76. The number of amides is 1. The number of benzene rings is 1. The molecule has 7 nitrogen and oxygen atoms in total. The zero-order valence-electron chi connectivity index (χ0n) is 10.6. The van der Waals surface area contributed by atoms with Gasteiger partial charge >= 0.3 is 0 Å². The maximum absolute atomic E-state index is 11.9. The van der Waals surface area contributed by atoms with Gasteiger partial charge in [0.2, 0.25) is 0 Å². The van der Waals surface area contributed by atoms with E-state index in [-0.39, 0.29) is 11.6 Å². The van der Waals surface area contributed by atoms with Crippen LogP contribution >= 0.6 is 0 Å². The number of hydrogen-bond acceptors (Lipinski definition) is 5. The van der Waals surface area contributed by atoms with Crippen molar-refractivity contribution in [3.8, 4) is 5.69 Å². The highest BCUT2D eigenvalue weighted by Gasteiger charge is 2.14. The Balaban J connectivity index is 1.76. The fraction of sp³-hybridized carbons (Fsp3) is 0.0769. The van der Waals surface area contributed by atoms with E-state index in [0.29, 0.717) is 11.4 Å². The molecule has 3 aromatic rings. The Morgan fingerprint density at radius 3 is 2.65 bits per heavy atom. The normalized spacial score (nSPS) is 10.4. The molecule has 0 aliphatic heterocycles. The fourth-order valence-corrected chi connectivity index (χ4v) is 1.75. The Morgan fingerprint density at radius 2 is 2.05 bits per heavy atom. The van der Waals surface area contributed by atoms with Crippen molar-refractivity contribution in [2.75, 3.05) is 5.32 Å². The highest BCUT2D eigenvalue weighted by Crippen LogP contribution is 2.14. The fourth-order valence-electron chi connectivity index (χ4n) is 1.75. The van der Waals surface area contributed by atoms with Crippen LogP contribution in [0.15, 0.2) is 47.4 Å². The third-order valence-electron chi connectivity index (χ3n) is 2.76. The number of carbonyl (C=O) groups is 1. The second kappa shape index (κ2) is 4.96. The van der Waals surface area contributed by atoms with Gasteiger partial charge in [-0.1, -0.05) is 5.16 Å². The number of aryl methyl sites for hydroxylation is 1. The third kappa shape index (κ3) is 2.28. The monoisotopic (exact) mass is 269 g/mol. The van der Waals surface area contributed by atoms with Crippen molar-refractivity contribution < 1.29 is 9.42 Å². The Morgan fingerprint density at radius 1 is 1.25 bits per heavy atom. The average molecular weight is 269 g/mol. The Kier molecular flexibility index (Phi) is 3.00. The standard InChI is InChI=1S/C13H11N5O2/c1-9-12(17-20-16-9)13(19)15-10-3-5-11(6-4-10)18-8-2-7-14-18/h2-8H,1H3,(H,15,19). The summed E-state index contributed by atoms with van der Waals surface area (Å²) in [6, 6.07) is 9.14. The smallest absolute Gasteiger partial charge is 0.279 e. The first-order valence-corrected chi connectivity index (χ1v) is 5.94. The summed E-state index contributed by atoms with van der Waals surface area (Å²) in [4.78, 5) is 11.9. The maximum atomic E-state index is 11.9. The van der Waals surface area contributed by atoms with E-state index in [2.05, 4.69) is 25.4 Å². The first-order valence-electron chi connectivity index (χ1n) is 5.94. The largest absolute Gasteiger partial charge is 0.320 e. The molecule has 20 heavy (non-hydrogen) atoms. The first-order chi connectivity index (χ1) is 9.74. The van der Waals surface area contributed by atoms with Crippen LogP contribution in [-0.4, -0.2) is 26.0 Å². The lowest BCUT2D eigenvalue weighted by Crippen LogP contribution is -2.13. The molecule has 0 atom stereocenters. The van der Waals surface area contributed by atoms with Crippen LogP contribution in [0.5, 0.6) is 0 Å². The Hall–Kier alpha value is -2.96. The number of nitrogens with one attached hydrogen (secondary N) is 1. The van der Waals surface area contributed by atoms with Crippen LogP contribution in [0, 0.1) is 6.92 Å². The quantitative estimate of drug-likeness (QED) is 0.783. The van der Waals surface area contributed by atoms with E-state index < -0.39 is 0 Å². The van der Waals surface area contributed by atoms with E-state index in [0.717, 1.165) is 5.69 Å². The number of hydrogen-bond donors (Lipinski definition) is 1. The van der Waals surface area contributed by atoms with Crippen molar-refractivity contribution in [3.05, 3.63) is 54.1 Å². The van der Waals surface area contributed by atoms with Gasteiger partial charge in [-0.2, -0.15) is 5.10 Å². The van der Waals surface area contributed by atoms with Gasteiger partial charge in [-0.25, -0.2) is 9.31 Å². The molecule has 0 bridgehead atoms. The lowest BCUT2D eigenvalue weighted by molar-refractivity contribution is 0.101. The van der Waals surface area contributed by atoms with Crippen LogP contribution in [0.3, 0.4) is 0 Å². The topological polar surface area (TPSA) is 85.8 Å². The molecule has 0 saturated carbocycles. The first kappa shape index (κ1) is 12.1. The molecule has 0 saturated heterocycles. The van der Waals surface area contributed by atoms with Crippen molar-refractivity contribution in [1.29, 1.82) is 0 Å². The van der Waals surface area contributed by atoms with Gasteiger partial charge < -0.3 is 5.32 Å². The van der Waals surface area contributed by atoms with E-state index in [1.165, 1.54) is 0 Å². The summed E-state index contributed by atoms with van der Waals surface area (Å²) in [7, 11) is 0. The van der Waals surface area contributed by atoms with E-state index in [1.54, 1.807) is 29.9 Å². The van der Waals surface area contributed by atoms with Crippen molar-refractivity contribution >= 4 is 11.6 Å². The minimum atomic E-state index is -0.351. The lowest BCUT2D eigenvalue weighted by Gasteiger charge is -2.05. The number of aromatic nitrogens is 4. The lowest BCUT2D eigenvalue weighted by atomic mass is 10.2. The highest BCUT2D eigenvalue weighted by molar-refractivity contribution is 6.03. The summed E-state index contributed by atoms with van der Waals surface area (Å²) in [6.07, 6.45) is 3.55. The van der Waals surface area contributed by atoms with Gasteiger partial charge in [-0.05, 0) is 42.4 Å². The minimum Gasteiger partial charge on any atom is -0.320 e. The Labute approximate surface area is 114 Å². The zero-order valence-corrected chi connectivity index (χ0v) is 10.6. The molecular weight excluding hydrogens is 258 g/mol. The molecule has 0 aliphatic carbocycles. The van der Waals surface area contributed by atoms with Crippen molar-refractivity contribution in [2.24, 2.45) is 0 Å². The molecule has 0 radical (unpaired) electrons. The minimum absolute atomic E-state index is 0.182. The summed E-state index contributed by atoms with van der Waals surface area (Å²) in [5.41, 5.74) is 2.21. The zero-order chi connectivity index (χ0) is 13.9. The molecule has 1 amide bonds. The maximum Gasteiger partial charge on any atom is 0.279 e. The van der Waals surface area contributed by atoms with E-state index >= 15 is 0 Å².